The van der Waals surface area contributed by atoms with E-state index in [1.807, 2.05) is 0 Å². The van der Waals surface area contributed by atoms with Crippen molar-refractivity contribution in [3.63, 3.8) is 0 Å². The Kier molecular flexibility index (Phi) is 5.14. The molecule has 1 aromatic heterocycles. The van der Waals surface area contributed by atoms with Crippen LogP contribution in [0.1, 0.15) is 21.7 Å². The number of nitrogens with zero attached hydrogens (tertiary/aromatic N) is 2. The summed E-state index contributed by atoms with van der Waals surface area (Å²) in [5.41, 5.74) is 1.30. The molecule has 0 saturated carbocycles. The van der Waals surface area contributed by atoms with E-state index < -0.39 is 11.3 Å². The number of rotatable bonds is 4. The summed E-state index contributed by atoms with van der Waals surface area (Å²) in [4.78, 5) is 24.5. The topological polar surface area (TPSA) is 64.0 Å². The minimum absolute atomic E-state index is 0.162. The van der Waals surface area contributed by atoms with Gasteiger partial charge in [0.05, 0.1) is 5.69 Å². The highest BCUT2D eigenvalue weighted by atomic mass is 35.5. The fourth-order valence-electron chi connectivity index (χ4n) is 2.42. The number of aromatic nitrogens is 2. The highest BCUT2D eigenvalue weighted by molar-refractivity contribution is 6.30. The van der Waals surface area contributed by atoms with Crippen LogP contribution in [0.25, 0.3) is 5.69 Å². The summed E-state index contributed by atoms with van der Waals surface area (Å²) in [5, 5.41) is 7.39. The number of hydrogen-bond acceptors (Lipinski definition) is 3. The van der Waals surface area contributed by atoms with Gasteiger partial charge in [0.25, 0.3) is 5.91 Å². The van der Waals surface area contributed by atoms with E-state index >= 15 is 0 Å². The van der Waals surface area contributed by atoms with Gasteiger partial charge in [-0.15, -0.1) is 0 Å². The van der Waals surface area contributed by atoms with Crippen LogP contribution >= 0.6 is 11.6 Å². The number of carbonyl (C=O) groups excluding carboxylic acids is 1. The van der Waals surface area contributed by atoms with Gasteiger partial charge in [0.15, 0.2) is 5.69 Å². The van der Waals surface area contributed by atoms with Crippen LogP contribution < -0.4 is 10.7 Å². The second-order valence-electron chi connectivity index (χ2n) is 5.70. The SMILES string of the molecule is Cc1cc(=O)c(C(=O)NCc2ccc(F)cc2)nn1-c1ccc(Cl)cc1. The van der Waals surface area contributed by atoms with Crippen LogP contribution in [0.3, 0.4) is 0 Å². The molecule has 0 spiro atoms. The first-order chi connectivity index (χ1) is 12.4. The van der Waals surface area contributed by atoms with E-state index in [1.165, 1.54) is 22.9 Å². The summed E-state index contributed by atoms with van der Waals surface area (Å²) in [6.45, 7) is 1.89. The van der Waals surface area contributed by atoms with Gasteiger partial charge in [0.1, 0.15) is 5.82 Å². The van der Waals surface area contributed by atoms with E-state index in [-0.39, 0.29) is 18.1 Å². The maximum atomic E-state index is 12.9. The number of nitrogens with one attached hydrogen (secondary N) is 1. The first kappa shape index (κ1) is 17.8. The van der Waals surface area contributed by atoms with E-state index in [9.17, 15) is 14.0 Å². The summed E-state index contributed by atoms with van der Waals surface area (Å²) >= 11 is 5.89. The third-order valence-corrected chi connectivity index (χ3v) is 4.01. The number of amides is 1. The summed E-state index contributed by atoms with van der Waals surface area (Å²) in [5.74, 6) is -0.951. The molecule has 0 bridgehead atoms. The average Bonchev–Trinajstić information content (AvgIpc) is 2.62. The van der Waals surface area contributed by atoms with Gasteiger partial charge in [-0.2, -0.15) is 5.10 Å². The lowest BCUT2D eigenvalue weighted by Gasteiger charge is -2.11. The highest BCUT2D eigenvalue weighted by Gasteiger charge is 2.15. The minimum atomic E-state index is -0.595. The van der Waals surface area contributed by atoms with Gasteiger partial charge in [-0.3, -0.25) is 9.59 Å². The van der Waals surface area contributed by atoms with Crippen LogP contribution in [0.2, 0.25) is 5.02 Å². The van der Waals surface area contributed by atoms with Crippen molar-refractivity contribution in [3.8, 4) is 5.69 Å². The van der Waals surface area contributed by atoms with Gasteiger partial charge >= 0.3 is 0 Å². The largest absolute Gasteiger partial charge is 0.346 e. The van der Waals surface area contributed by atoms with Crippen LogP contribution in [0.5, 0.6) is 0 Å². The third-order valence-electron chi connectivity index (χ3n) is 3.76. The molecule has 3 rings (SSSR count). The summed E-state index contributed by atoms with van der Waals surface area (Å²) in [6.07, 6.45) is 0. The van der Waals surface area contributed by atoms with Gasteiger partial charge in [-0.05, 0) is 48.9 Å². The highest BCUT2D eigenvalue weighted by Crippen LogP contribution is 2.13. The van der Waals surface area contributed by atoms with Crippen molar-refractivity contribution >= 4 is 17.5 Å². The van der Waals surface area contributed by atoms with E-state index in [0.717, 1.165) is 0 Å². The summed E-state index contributed by atoms with van der Waals surface area (Å²) in [6, 6.07) is 14.0. The third kappa shape index (κ3) is 3.97. The lowest BCUT2D eigenvalue weighted by Crippen LogP contribution is -2.31. The van der Waals surface area contributed by atoms with E-state index in [2.05, 4.69) is 10.4 Å². The molecule has 3 aromatic rings. The molecule has 0 saturated heterocycles. The molecule has 0 atom stereocenters. The fraction of sp³-hybridized carbons (Fsp3) is 0.105. The molecule has 1 heterocycles. The second kappa shape index (κ2) is 7.49. The Bertz CT molecular complexity index is 999. The molecule has 132 valence electrons. The molecule has 7 heteroatoms. The Hall–Kier alpha value is -2.99. The van der Waals surface area contributed by atoms with Crippen molar-refractivity contribution < 1.29 is 9.18 Å². The van der Waals surface area contributed by atoms with Crippen LogP contribution in [-0.4, -0.2) is 15.7 Å². The van der Waals surface area contributed by atoms with Gasteiger partial charge in [0, 0.05) is 23.3 Å². The van der Waals surface area contributed by atoms with Gasteiger partial charge < -0.3 is 5.32 Å². The average molecular weight is 372 g/mol. The van der Waals surface area contributed by atoms with Crippen molar-refractivity contribution in [1.82, 2.24) is 15.1 Å². The molecule has 1 amide bonds. The Balaban J connectivity index is 1.85. The number of halogens is 2. The molecule has 2 aromatic carbocycles. The Morgan fingerprint density at radius 2 is 1.81 bits per heavy atom. The fourth-order valence-corrected chi connectivity index (χ4v) is 2.54. The van der Waals surface area contributed by atoms with Crippen LogP contribution in [0.15, 0.2) is 59.4 Å². The quantitative estimate of drug-likeness (QED) is 0.765. The predicted molar refractivity (Wildman–Crippen MR) is 97.2 cm³/mol. The Morgan fingerprint density at radius 3 is 2.46 bits per heavy atom. The van der Waals surface area contributed by atoms with Crippen LogP contribution in [-0.2, 0) is 6.54 Å². The van der Waals surface area contributed by atoms with Crippen LogP contribution in [0.4, 0.5) is 4.39 Å². The molecule has 26 heavy (non-hydrogen) atoms. The van der Waals surface area contributed by atoms with Gasteiger partial charge in [-0.25, -0.2) is 9.07 Å². The normalized spacial score (nSPS) is 10.6. The molecule has 0 aliphatic heterocycles. The first-order valence-corrected chi connectivity index (χ1v) is 8.21. The Morgan fingerprint density at radius 1 is 1.15 bits per heavy atom. The van der Waals surface area contributed by atoms with E-state index in [0.29, 0.717) is 22.0 Å². The standard InChI is InChI=1S/C19H15ClFN3O2/c1-12-10-17(25)18(23-24(12)16-8-4-14(20)5-9-16)19(26)22-11-13-2-6-15(21)7-3-13/h2-10H,11H2,1H3,(H,22,26). The van der Waals surface area contributed by atoms with Crippen LogP contribution in [0, 0.1) is 12.7 Å². The molecule has 0 unspecified atom stereocenters. The number of aryl methyl sites for hydroxylation is 1. The molecule has 0 aliphatic rings. The van der Waals surface area contributed by atoms with E-state index in [4.69, 9.17) is 11.6 Å². The zero-order valence-corrected chi connectivity index (χ0v) is 14.6. The van der Waals surface area contributed by atoms with Crippen molar-refractivity contribution in [3.05, 3.63) is 92.6 Å². The Labute approximate surface area is 154 Å². The molecule has 5 nitrogen and oxygen atoms in total. The van der Waals surface area contributed by atoms with Crippen molar-refractivity contribution in [2.75, 3.05) is 0 Å². The lowest BCUT2D eigenvalue weighted by atomic mass is 10.2. The maximum absolute atomic E-state index is 12.9. The smallest absolute Gasteiger partial charge is 0.276 e. The molecule has 0 fully saturated rings. The maximum Gasteiger partial charge on any atom is 0.276 e. The predicted octanol–water partition coefficient (Wildman–Crippen LogP) is 3.26. The number of carbonyl (C=O) groups is 1. The lowest BCUT2D eigenvalue weighted by molar-refractivity contribution is 0.0943. The molecule has 1 N–H and O–H groups in total. The van der Waals surface area contributed by atoms with Gasteiger partial charge in [-0.1, -0.05) is 23.7 Å². The number of benzene rings is 2. The monoisotopic (exact) mass is 371 g/mol. The van der Waals surface area contributed by atoms with Crippen molar-refractivity contribution in [1.29, 1.82) is 0 Å². The number of hydrogen-bond donors (Lipinski definition) is 1. The zero-order chi connectivity index (χ0) is 18.7. The first-order valence-electron chi connectivity index (χ1n) is 7.83. The zero-order valence-electron chi connectivity index (χ0n) is 13.9. The van der Waals surface area contributed by atoms with Crippen molar-refractivity contribution in [2.24, 2.45) is 0 Å². The minimum Gasteiger partial charge on any atom is -0.346 e. The molecule has 0 aliphatic carbocycles. The van der Waals surface area contributed by atoms with E-state index in [1.54, 1.807) is 43.3 Å². The molecule has 0 radical (unpaired) electrons. The molecular formula is C19H15ClFN3O2. The van der Waals surface area contributed by atoms with Gasteiger partial charge in [0.2, 0.25) is 5.43 Å². The second-order valence-corrected chi connectivity index (χ2v) is 6.13. The molecular weight excluding hydrogens is 357 g/mol. The summed E-state index contributed by atoms with van der Waals surface area (Å²) in [7, 11) is 0. The van der Waals surface area contributed by atoms with Crippen molar-refractivity contribution in [2.45, 2.75) is 13.5 Å². The summed E-state index contributed by atoms with van der Waals surface area (Å²) < 4.78 is 14.4.